The Balaban J connectivity index is 1.60. The molecule has 2 unspecified atom stereocenters. The number of allylic oxidation sites excluding steroid dienone is 1. The lowest BCUT2D eigenvalue weighted by Crippen LogP contribution is -1.85. The summed E-state index contributed by atoms with van der Waals surface area (Å²) in [5.74, 6) is 2.18. The maximum absolute atomic E-state index is 3.79. The molecule has 0 aromatic rings. The lowest BCUT2D eigenvalue weighted by molar-refractivity contribution is 0.515. The molecule has 1 saturated carbocycles. The second kappa shape index (κ2) is 20.0. The van der Waals surface area contributed by atoms with E-state index in [0.717, 1.165) is 11.8 Å². The Morgan fingerprint density at radius 2 is 0.821 bits per heavy atom. The van der Waals surface area contributed by atoms with Gasteiger partial charge in [0.05, 0.1) is 0 Å². The van der Waals surface area contributed by atoms with E-state index in [0.29, 0.717) is 0 Å². The molecule has 28 heavy (non-hydrogen) atoms. The van der Waals surface area contributed by atoms with Crippen LogP contribution in [0.15, 0.2) is 12.7 Å². The number of hydrogen-bond acceptors (Lipinski definition) is 0. The van der Waals surface area contributed by atoms with Crippen LogP contribution in [0.25, 0.3) is 0 Å². The van der Waals surface area contributed by atoms with Gasteiger partial charge in [0.15, 0.2) is 0 Å². The molecule has 2 atom stereocenters. The molecule has 0 N–H and O–H groups in total. The average molecular weight is 391 g/mol. The molecule has 1 rings (SSSR count). The molecule has 0 aromatic carbocycles. The van der Waals surface area contributed by atoms with Crippen LogP contribution in [0.3, 0.4) is 0 Å². The predicted octanol–water partition coefficient (Wildman–Crippen LogP) is 10.4. The lowest BCUT2D eigenvalue weighted by atomic mass is 10.0. The van der Waals surface area contributed by atoms with Gasteiger partial charge >= 0.3 is 0 Å². The summed E-state index contributed by atoms with van der Waals surface area (Å²) >= 11 is 0. The van der Waals surface area contributed by atoms with E-state index in [2.05, 4.69) is 19.6 Å². The molecule has 0 radical (unpaired) electrons. The van der Waals surface area contributed by atoms with Gasteiger partial charge in [0, 0.05) is 0 Å². The fourth-order valence-electron chi connectivity index (χ4n) is 4.68. The van der Waals surface area contributed by atoms with Crippen LogP contribution >= 0.6 is 0 Å². The Bertz CT molecular complexity index is 318. The topological polar surface area (TPSA) is 0 Å². The second-order valence-corrected chi connectivity index (χ2v) is 9.91. The van der Waals surface area contributed by atoms with Crippen molar-refractivity contribution in [2.45, 2.75) is 155 Å². The summed E-state index contributed by atoms with van der Waals surface area (Å²) in [6.07, 6.45) is 35.8. The van der Waals surface area contributed by atoms with Gasteiger partial charge in [0.1, 0.15) is 0 Å². The highest BCUT2D eigenvalue weighted by Crippen LogP contribution is 2.41. The molecule has 1 aliphatic carbocycles. The van der Waals surface area contributed by atoms with Gasteiger partial charge in [-0.2, -0.15) is 0 Å². The summed E-state index contributed by atoms with van der Waals surface area (Å²) in [7, 11) is 0. The molecule has 1 aliphatic rings. The van der Waals surface area contributed by atoms with Crippen molar-refractivity contribution in [2.75, 3.05) is 0 Å². The van der Waals surface area contributed by atoms with Crippen molar-refractivity contribution in [3.05, 3.63) is 12.7 Å². The summed E-state index contributed by atoms with van der Waals surface area (Å²) in [6, 6.07) is 0. The summed E-state index contributed by atoms with van der Waals surface area (Å²) in [5.41, 5.74) is 0. The largest absolute Gasteiger partial charge is 0.103 e. The minimum Gasteiger partial charge on any atom is -0.103 e. The predicted molar refractivity (Wildman–Crippen MR) is 129 cm³/mol. The lowest BCUT2D eigenvalue weighted by Gasteiger charge is -2.04. The minimum atomic E-state index is 1.06. The first kappa shape index (κ1) is 25.8. The molecule has 1 fully saturated rings. The third-order valence-electron chi connectivity index (χ3n) is 7.01. The first-order valence-electron chi connectivity index (χ1n) is 13.5. The van der Waals surface area contributed by atoms with Crippen molar-refractivity contribution in [2.24, 2.45) is 11.8 Å². The molecule has 0 heterocycles. The van der Waals surface area contributed by atoms with Gasteiger partial charge in [-0.1, -0.05) is 141 Å². The van der Waals surface area contributed by atoms with Gasteiger partial charge < -0.3 is 0 Å². The van der Waals surface area contributed by atoms with E-state index in [1.807, 2.05) is 0 Å². The summed E-state index contributed by atoms with van der Waals surface area (Å²) in [6.45, 7) is 6.21. The van der Waals surface area contributed by atoms with Crippen molar-refractivity contribution >= 4 is 0 Å². The van der Waals surface area contributed by atoms with Crippen molar-refractivity contribution < 1.29 is 0 Å². The van der Waals surface area contributed by atoms with Crippen LogP contribution in [0.2, 0.25) is 0 Å². The van der Waals surface area contributed by atoms with Crippen molar-refractivity contribution in [1.29, 1.82) is 0 Å². The zero-order chi connectivity index (χ0) is 20.1. The highest BCUT2D eigenvalue weighted by Gasteiger charge is 2.31. The molecular formula is C28H54. The van der Waals surface area contributed by atoms with Crippen molar-refractivity contribution in [1.82, 2.24) is 0 Å². The molecule has 0 heteroatoms. The zero-order valence-corrected chi connectivity index (χ0v) is 19.7. The molecule has 0 nitrogen and oxygen atoms in total. The monoisotopic (exact) mass is 390 g/mol. The third-order valence-corrected chi connectivity index (χ3v) is 7.01. The van der Waals surface area contributed by atoms with Crippen LogP contribution in [-0.4, -0.2) is 0 Å². The molecule has 0 amide bonds. The van der Waals surface area contributed by atoms with Gasteiger partial charge in [-0.25, -0.2) is 0 Å². The van der Waals surface area contributed by atoms with Crippen LogP contribution < -0.4 is 0 Å². The molecular weight excluding hydrogens is 336 g/mol. The van der Waals surface area contributed by atoms with Crippen LogP contribution in [0.4, 0.5) is 0 Å². The van der Waals surface area contributed by atoms with E-state index < -0.39 is 0 Å². The van der Waals surface area contributed by atoms with E-state index in [1.165, 1.54) is 148 Å². The summed E-state index contributed by atoms with van der Waals surface area (Å²) in [4.78, 5) is 0. The molecule has 0 aromatic heterocycles. The Kier molecular flexibility index (Phi) is 18.4. The van der Waals surface area contributed by atoms with Crippen LogP contribution in [0.1, 0.15) is 155 Å². The smallest absolute Gasteiger partial charge is 0.0353 e. The Morgan fingerprint density at radius 3 is 1.11 bits per heavy atom. The number of rotatable bonds is 23. The van der Waals surface area contributed by atoms with Gasteiger partial charge in [0.2, 0.25) is 0 Å². The zero-order valence-electron chi connectivity index (χ0n) is 19.7. The van der Waals surface area contributed by atoms with E-state index >= 15 is 0 Å². The van der Waals surface area contributed by atoms with Gasteiger partial charge in [-0.3, -0.25) is 0 Å². The molecule has 0 bridgehead atoms. The van der Waals surface area contributed by atoms with Gasteiger partial charge in [-0.05, 0) is 31.1 Å². The fourth-order valence-corrected chi connectivity index (χ4v) is 4.68. The quantitative estimate of drug-likeness (QED) is 0.120. The minimum absolute atomic E-state index is 1.06. The first-order chi connectivity index (χ1) is 13.8. The van der Waals surface area contributed by atoms with Crippen LogP contribution in [0, 0.1) is 11.8 Å². The first-order valence-corrected chi connectivity index (χ1v) is 13.5. The van der Waals surface area contributed by atoms with Crippen LogP contribution in [0.5, 0.6) is 0 Å². The number of unbranched alkanes of at least 4 members (excludes halogenated alkanes) is 20. The molecule has 0 saturated heterocycles. The average Bonchev–Trinajstić information content (AvgIpc) is 3.40. The second-order valence-electron chi connectivity index (χ2n) is 9.91. The SMILES string of the molecule is C=CCCCCCCCCCCCCCCCCCCCCCCC1CC1C. The van der Waals surface area contributed by atoms with Crippen molar-refractivity contribution in [3.63, 3.8) is 0 Å². The number of hydrogen-bond donors (Lipinski definition) is 0. The Morgan fingerprint density at radius 1 is 0.536 bits per heavy atom. The van der Waals surface area contributed by atoms with E-state index in [9.17, 15) is 0 Å². The van der Waals surface area contributed by atoms with E-state index in [4.69, 9.17) is 0 Å². The third kappa shape index (κ3) is 17.8. The molecule has 0 spiro atoms. The fraction of sp³-hybridized carbons (Fsp3) is 0.929. The van der Waals surface area contributed by atoms with Crippen LogP contribution in [-0.2, 0) is 0 Å². The Hall–Kier alpha value is -0.260. The van der Waals surface area contributed by atoms with Gasteiger partial charge in [0.25, 0.3) is 0 Å². The maximum atomic E-state index is 3.79. The highest BCUT2D eigenvalue weighted by atomic mass is 14.4. The van der Waals surface area contributed by atoms with Crippen molar-refractivity contribution in [3.8, 4) is 0 Å². The standard InChI is InChI=1S/C28H54/c1-3-4-5-6-7-8-9-10-11-12-13-14-15-16-17-18-19-20-21-22-23-24-25-28-26-27(28)2/h3,27-28H,1,4-26H2,2H3. The maximum Gasteiger partial charge on any atom is -0.0353 e. The highest BCUT2D eigenvalue weighted by molar-refractivity contribution is 4.81. The summed E-state index contributed by atoms with van der Waals surface area (Å²) < 4.78 is 0. The normalized spacial score (nSPS) is 18.5. The molecule has 0 aliphatic heterocycles. The van der Waals surface area contributed by atoms with E-state index in [-0.39, 0.29) is 0 Å². The summed E-state index contributed by atoms with van der Waals surface area (Å²) in [5, 5.41) is 0. The molecule has 166 valence electrons. The van der Waals surface area contributed by atoms with Gasteiger partial charge in [-0.15, -0.1) is 6.58 Å². The Labute approximate surface area is 179 Å². The van der Waals surface area contributed by atoms with E-state index in [1.54, 1.807) is 0 Å².